The molecule has 0 aliphatic rings. The summed E-state index contributed by atoms with van der Waals surface area (Å²) in [5, 5.41) is 20.7. The van der Waals surface area contributed by atoms with Gasteiger partial charge in [-0.25, -0.2) is 14.8 Å². The molecule has 2 heterocycles. The Kier molecular flexibility index (Phi) is 3.89. The Bertz CT molecular complexity index is 1030. The van der Waals surface area contributed by atoms with Crippen molar-refractivity contribution < 1.29 is 19.6 Å². The minimum absolute atomic E-state index is 0.120. The van der Waals surface area contributed by atoms with Crippen LogP contribution in [0.3, 0.4) is 0 Å². The number of aryl methyl sites for hydroxylation is 1. The first kappa shape index (κ1) is 16.5. The van der Waals surface area contributed by atoms with Crippen LogP contribution in [-0.4, -0.2) is 32.3 Å². The van der Waals surface area contributed by atoms with Gasteiger partial charge in [-0.2, -0.15) is 0 Å². The quantitative estimate of drug-likeness (QED) is 0.410. The number of nitro groups is 1. The third-order valence-corrected chi connectivity index (χ3v) is 4.56. The van der Waals surface area contributed by atoms with Gasteiger partial charge in [-0.05, 0) is 13.0 Å². The number of nitrogens with two attached hydrogens (primary N) is 1. The van der Waals surface area contributed by atoms with Gasteiger partial charge in [0.1, 0.15) is 4.83 Å². The second-order valence-corrected chi connectivity index (χ2v) is 6.17. The van der Waals surface area contributed by atoms with E-state index in [1.54, 1.807) is 6.92 Å². The summed E-state index contributed by atoms with van der Waals surface area (Å²) in [6, 6.07) is 3.42. The molecule has 0 radical (unpaired) electrons. The van der Waals surface area contributed by atoms with Crippen molar-refractivity contribution in [3.05, 3.63) is 44.4 Å². The average molecular weight is 358 g/mol. The van der Waals surface area contributed by atoms with Gasteiger partial charge in [0.05, 0.1) is 32.1 Å². The maximum Gasteiger partial charge on any atom is 0.335 e. The van der Waals surface area contributed by atoms with Crippen LogP contribution in [0.4, 0.5) is 11.4 Å². The molecule has 0 atom stereocenters. The summed E-state index contributed by atoms with van der Waals surface area (Å²) < 4.78 is 0. The first-order valence-electron chi connectivity index (χ1n) is 6.86. The van der Waals surface area contributed by atoms with Gasteiger partial charge in [-0.3, -0.25) is 14.9 Å². The Hall–Kier alpha value is -3.40. The zero-order valence-corrected chi connectivity index (χ0v) is 13.5. The van der Waals surface area contributed by atoms with Crippen LogP contribution in [0.25, 0.3) is 21.6 Å². The van der Waals surface area contributed by atoms with Crippen molar-refractivity contribution in [3.8, 4) is 11.4 Å². The molecule has 25 heavy (non-hydrogen) atoms. The number of aldehydes is 1. The molecule has 0 saturated carbocycles. The van der Waals surface area contributed by atoms with Crippen molar-refractivity contribution in [3.63, 3.8) is 0 Å². The van der Waals surface area contributed by atoms with E-state index in [2.05, 4.69) is 9.97 Å². The molecule has 0 bridgehead atoms. The van der Waals surface area contributed by atoms with Gasteiger partial charge < -0.3 is 10.8 Å². The molecule has 3 aromatic rings. The predicted octanol–water partition coefficient (Wildman–Crippen LogP) is 2.67. The highest BCUT2D eigenvalue weighted by atomic mass is 32.1. The van der Waals surface area contributed by atoms with Gasteiger partial charge in [0.2, 0.25) is 0 Å². The van der Waals surface area contributed by atoms with E-state index in [0.29, 0.717) is 27.1 Å². The minimum atomic E-state index is -1.30. The van der Waals surface area contributed by atoms with E-state index in [9.17, 15) is 19.7 Å². The zero-order valence-electron chi connectivity index (χ0n) is 12.7. The highest BCUT2D eigenvalue weighted by Gasteiger charge is 2.19. The lowest BCUT2D eigenvalue weighted by atomic mass is 10.1. The fourth-order valence-electron chi connectivity index (χ4n) is 2.40. The van der Waals surface area contributed by atoms with E-state index in [-0.39, 0.29) is 28.3 Å². The van der Waals surface area contributed by atoms with Crippen LogP contribution in [0.5, 0.6) is 0 Å². The molecule has 10 heteroatoms. The van der Waals surface area contributed by atoms with Gasteiger partial charge in [0.25, 0.3) is 5.69 Å². The first-order chi connectivity index (χ1) is 11.8. The SMILES string of the molecule is Cc1nc(-c2cc(C(=O)O)cc([N+](=O)[O-])c2)nc2sc(C=O)c(N)c12. The normalized spacial score (nSPS) is 10.8. The Balaban J connectivity index is 2.27. The summed E-state index contributed by atoms with van der Waals surface area (Å²) >= 11 is 1.07. The second kappa shape index (κ2) is 5.91. The third-order valence-electron chi connectivity index (χ3n) is 3.54. The standard InChI is InChI=1S/C15H10N4O5S/c1-6-11-12(16)10(5-20)25-14(11)18-13(17-6)7-2-8(15(21)22)4-9(3-7)19(23)24/h2-5H,16H2,1H3,(H,21,22). The first-order valence-corrected chi connectivity index (χ1v) is 7.68. The van der Waals surface area contributed by atoms with Crippen molar-refractivity contribution in [2.75, 3.05) is 5.73 Å². The van der Waals surface area contributed by atoms with Gasteiger partial charge in [0, 0.05) is 17.7 Å². The van der Waals surface area contributed by atoms with Gasteiger partial charge in [-0.15, -0.1) is 11.3 Å². The van der Waals surface area contributed by atoms with Crippen molar-refractivity contribution in [1.29, 1.82) is 0 Å². The Morgan fingerprint density at radius 3 is 2.68 bits per heavy atom. The summed E-state index contributed by atoms with van der Waals surface area (Å²) in [4.78, 5) is 41.9. The van der Waals surface area contributed by atoms with Crippen LogP contribution in [0.2, 0.25) is 0 Å². The fourth-order valence-corrected chi connectivity index (χ4v) is 3.36. The molecule has 1 aromatic carbocycles. The van der Waals surface area contributed by atoms with Crippen LogP contribution in [0.1, 0.15) is 25.7 Å². The van der Waals surface area contributed by atoms with Crippen molar-refractivity contribution in [2.45, 2.75) is 6.92 Å². The topological polar surface area (TPSA) is 149 Å². The van der Waals surface area contributed by atoms with Crippen molar-refractivity contribution >= 4 is 45.2 Å². The lowest BCUT2D eigenvalue weighted by Crippen LogP contribution is -2.01. The number of rotatable bonds is 4. The van der Waals surface area contributed by atoms with Crippen LogP contribution in [-0.2, 0) is 0 Å². The van der Waals surface area contributed by atoms with E-state index in [1.807, 2.05) is 0 Å². The number of carboxylic acids is 1. The molecule has 3 N–H and O–H groups in total. The second-order valence-electron chi connectivity index (χ2n) is 5.14. The van der Waals surface area contributed by atoms with Crippen LogP contribution < -0.4 is 5.73 Å². The molecule has 0 aliphatic heterocycles. The van der Waals surface area contributed by atoms with Crippen LogP contribution in [0, 0.1) is 17.0 Å². The molecule has 0 unspecified atom stereocenters. The van der Waals surface area contributed by atoms with Crippen molar-refractivity contribution in [1.82, 2.24) is 9.97 Å². The highest BCUT2D eigenvalue weighted by molar-refractivity contribution is 7.20. The number of anilines is 1. The number of hydrogen-bond acceptors (Lipinski definition) is 8. The number of aromatic nitrogens is 2. The number of carbonyl (C=O) groups excluding carboxylic acids is 1. The van der Waals surface area contributed by atoms with Crippen LogP contribution in [0.15, 0.2) is 18.2 Å². The number of nitrogens with zero attached hydrogens (tertiary/aromatic N) is 3. The van der Waals surface area contributed by atoms with Gasteiger partial charge in [0.15, 0.2) is 12.1 Å². The summed E-state index contributed by atoms with van der Waals surface area (Å²) in [7, 11) is 0. The Morgan fingerprint density at radius 2 is 2.08 bits per heavy atom. The number of thiophene rings is 1. The number of hydrogen-bond donors (Lipinski definition) is 2. The third kappa shape index (κ3) is 2.78. The molecule has 126 valence electrons. The number of carbonyl (C=O) groups is 2. The maximum atomic E-state index is 11.2. The maximum absolute atomic E-state index is 11.2. The van der Waals surface area contributed by atoms with E-state index < -0.39 is 10.9 Å². The fraction of sp³-hybridized carbons (Fsp3) is 0.0667. The lowest BCUT2D eigenvalue weighted by molar-refractivity contribution is -0.384. The molecule has 0 amide bonds. The number of carboxylic acid groups (broad SMARTS) is 1. The minimum Gasteiger partial charge on any atom is -0.478 e. The number of nitrogen functional groups attached to an aromatic ring is 1. The number of non-ortho nitro benzene ring substituents is 1. The Labute approximate surface area is 143 Å². The molecule has 3 rings (SSSR count). The highest BCUT2D eigenvalue weighted by Crippen LogP contribution is 2.35. The molecule has 0 spiro atoms. The number of benzene rings is 1. The Morgan fingerprint density at radius 1 is 1.36 bits per heavy atom. The summed E-state index contributed by atoms with van der Waals surface area (Å²) in [6.07, 6.45) is 0.622. The smallest absolute Gasteiger partial charge is 0.335 e. The molecule has 2 aromatic heterocycles. The monoisotopic (exact) mass is 358 g/mol. The largest absolute Gasteiger partial charge is 0.478 e. The summed E-state index contributed by atoms with van der Waals surface area (Å²) in [6.45, 7) is 1.67. The molecule has 0 fully saturated rings. The molecule has 9 nitrogen and oxygen atoms in total. The zero-order chi connectivity index (χ0) is 18.3. The average Bonchev–Trinajstić information content (AvgIpc) is 2.90. The summed E-state index contributed by atoms with van der Waals surface area (Å²) in [5.74, 6) is -1.18. The number of nitro benzene ring substituents is 1. The molecular formula is C15H10N4O5S. The van der Waals surface area contributed by atoms with E-state index in [4.69, 9.17) is 10.8 Å². The van der Waals surface area contributed by atoms with Gasteiger partial charge >= 0.3 is 5.97 Å². The summed E-state index contributed by atoms with van der Waals surface area (Å²) in [5.41, 5.74) is 6.24. The van der Waals surface area contributed by atoms with Crippen LogP contribution >= 0.6 is 11.3 Å². The molecule has 0 aliphatic carbocycles. The molecular weight excluding hydrogens is 348 g/mol. The predicted molar refractivity (Wildman–Crippen MR) is 91.0 cm³/mol. The van der Waals surface area contributed by atoms with Crippen molar-refractivity contribution in [2.24, 2.45) is 0 Å². The van der Waals surface area contributed by atoms with E-state index in [0.717, 1.165) is 17.4 Å². The van der Waals surface area contributed by atoms with E-state index >= 15 is 0 Å². The van der Waals surface area contributed by atoms with Gasteiger partial charge in [-0.1, -0.05) is 0 Å². The lowest BCUT2D eigenvalue weighted by Gasteiger charge is -2.05. The number of aromatic carboxylic acids is 1. The molecule has 0 saturated heterocycles. The van der Waals surface area contributed by atoms with E-state index in [1.165, 1.54) is 12.1 Å². The number of fused-ring (bicyclic) bond motifs is 1.